The van der Waals surface area contributed by atoms with Crippen molar-refractivity contribution in [2.24, 2.45) is 5.41 Å². The number of halogens is 1. The third kappa shape index (κ3) is 4.03. The highest BCUT2D eigenvalue weighted by Gasteiger charge is 2.50. The molecule has 3 fully saturated rings. The van der Waals surface area contributed by atoms with E-state index in [1.165, 1.54) is 22.8 Å². The maximum atomic E-state index is 14.1. The summed E-state index contributed by atoms with van der Waals surface area (Å²) in [4.78, 5) is 28.6. The molecule has 3 aliphatic rings. The lowest BCUT2D eigenvalue weighted by molar-refractivity contribution is -0.141. The van der Waals surface area contributed by atoms with Crippen LogP contribution in [-0.4, -0.2) is 36.3 Å². The van der Waals surface area contributed by atoms with Gasteiger partial charge in [-0.05, 0) is 68.2 Å². The predicted molar refractivity (Wildman–Crippen MR) is 131 cm³/mol. The number of hydrogen-bond acceptors (Lipinski definition) is 2. The lowest BCUT2D eigenvalue weighted by atomic mass is 9.62. The molecule has 4 nitrogen and oxygen atoms in total. The van der Waals surface area contributed by atoms with Gasteiger partial charge in [-0.2, -0.15) is 0 Å². The molecule has 0 unspecified atom stereocenters. The molecule has 1 saturated carbocycles. The molecule has 5 heteroatoms. The van der Waals surface area contributed by atoms with E-state index in [1.54, 1.807) is 12.1 Å². The van der Waals surface area contributed by atoms with E-state index in [1.807, 2.05) is 6.07 Å². The van der Waals surface area contributed by atoms with Crippen LogP contribution in [0, 0.1) is 25.1 Å². The molecule has 1 atom stereocenters. The maximum absolute atomic E-state index is 14.1. The first-order valence-electron chi connectivity index (χ1n) is 12.7. The fraction of sp³-hybridized carbons (Fsp3) is 0.517. The minimum absolute atomic E-state index is 0.0647. The van der Waals surface area contributed by atoms with E-state index < -0.39 is 5.41 Å². The molecule has 2 heterocycles. The van der Waals surface area contributed by atoms with E-state index >= 15 is 0 Å². The number of amides is 2. The van der Waals surface area contributed by atoms with Crippen molar-refractivity contribution >= 4 is 11.8 Å². The molecular formula is C29H35FN2O2. The lowest BCUT2D eigenvalue weighted by Crippen LogP contribution is -2.55. The number of piperidine rings is 2. The van der Waals surface area contributed by atoms with Gasteiger partial charge in [0, 0.05) is 32.0 Å². The highest BCUT2D eigenvalue weighted by Crippen LogP contribution is 2.50. The topological polar surface area (TPSA) is 49.4 Å². The Labute approximate surface area is 201 Å². The number of aryl methyl sites for hydroxylation is 2. The molecule has 180 valence electrons. The van der Waals surface area contributed by atoms with E-state index in [4.69, 9.17) is 0 Å². The summed E-state index contributed by atoms with van der Waals surface area (Å²) >= 11 is 0. The molecule has 1 N–H and O–H groups in total. The molecule has 0 aromatic heterocycles. The van der Waals surface area contributed by atoms with Crippen LogP contribution < -0.4 is 5.32 Å². The van der Waals surface area contributed by atoms with Gasteiger partial charge >= 0.3 is 0 Å². The van der Waals surface area contributed by atoms with E-state index in [2.05, 4.69) is 42.3 Å². The number of carbonyl (C=O) groups excluding carboxylic acids is 2. The van der Waals surface area contributed by atoms with E-state index in [0.717, 1.165) is 44.1 Å². The van der Waals surface area contributed by atoms with E-state index in [9.17, 15) is 14.0 Å². The normalized spacial score (nSPS) is 23.7. The first-order valence-corrected chi connectivity index (χ1v) is 12.7. The SMILES string of the molecule is Cc1cc(C)cc(C2(C(=O)N3CCC4(CC3)CC(=O)NC[C@H]4c3cccc(F)c3)CCCC2)c1. The van der Waals surface area contributed by atoms with Crippen LogP contribution in [0.3, 0.4) is 0 Å². The number of likely N-dealkylation sites (tertiary alicyclic amines) is 1. The van der Waals surface area contributed by atoms with Crippen molar-refractivity contribution in [3.8, 4) is 0 Å². The Kier molecular flexibility index (Phi) is 5.99. The molecule has 0 bridgehead atoms. The Morgan fingerprint density at radius 3 is 2.32 bits per heavy atom. The highest BCUT2D eigenvalue weighted by atomic mass is 19.1. The van der Waals surface area contributed by atoms with Crippen LogP contribution in [0.4, 0.5) is 4.39 Å². The van der Waals surface area contributed by atoms with Gasteiger partial charge in [0.2, 0.25) is 11.8 Å². The van der Waals surface area contributed by atoms with Crippen LogP contribution in [-0.2, 0) is 15.0 Å². The van der Waals surface area contributed by atoms with E-state index in [0.29, 0.717) is 26.1 Å². The van der Waals surface area contributed by atoms with Gasteiger partial charge in [0.15, 0.2) is 0 Å². The molecule has 2 amide bonds. The molecule has 2 saturated heterocycles. The molecule has 1 spiro atoms. The Morgan fingerprint density at radius 2 is 1.68 bits per heavy atom. The summed E-state index contributed by atoms with van der Waals surface area (Å²) in [5, 5.41) is 3.00. The highest BCUT2D eigenvalue weighted by molar-refractivity contribution is 5.89. The zero-order chi connectivity index (χ0) is 23.9. The van der Waals surface area contributed by atoms with Crippen molar-refractivity contribution in [3.63, 3.8) is 0 Å². The number of hydrogen-bond donors (Lipinski definition) is 1. The summed E-state index contributed by atoms with van der Waals surface area (Å²) in [6, 6.07) is 13.4. The second-order valence-corrected chi connectivity index (χ2v) is 10.9. The van der Waals surface area contributed by atoms with Gasteiger partial charge in [-0.3, -0.25) is 9.59 Å². The van der Waals surface area contributed by atoms with Crippen LogP contribution >= 0.6 is 0 Å². The van der Waals surface area contributed by atoms with Gasteiger partial charge in [-0.15, -0.1) is 0 Å². The number of benzene rings is 2. The van der Waals surface area contributed by atoms with Crippen molar-refractivity contribution in [1.29, 1.82) is 0 Å². The summed E-state index contributed by atoms with van der Waals surface area (Å²) in [5.74, 6) is 0.147. The first-order chi connectivity index (χ1) is 16.3. The fourth-order valence-corrected chi connectivity index (χ4v) is 6.97. The van der Waals surface area contributed by atoms with Crippen molar-refractivity contribution in [2.75, 3.05) is 19.6 Å². The van der Waals surface area contributed by atoms with E-state index in [-0.39, 0.29) is 29.0 Å². The molecule has 2 aliphatic heterocycles. The molecule has 1 aliphatic carbocycles. The molecule has 2 aromatic rings. The molecule has 2 aromatic carbocycles. The third-order valence-corrected chi connectivity index (χ3v) is 8.69. The predicted octanol–water partition coefficient (Wildman–Crippen LogP) is 5.17. The Hall–Kier alpha value is -2.69. The zero-order valence-electron chi connectivity index (χ0n) is 20.3. The fourth-order valence-electron chi connectivity index (χ4n) is 6.97. The minimum atomic E-state index is -0.423. The summed E-state index contributed by atoms with van der Waals surface area (Å²) in [6.07, 6.45) is 5.97. The molecule has 5 rings (SSSR count). The second kappa shape index (κ2) is 8.83. The standard InChI is InChI=1S/C29H35FN2O2/c1-20-14-21(2)16-23(15-20)29(8-3-4-9-29)27(34)32-12-10-28(11-13-32)18-26(33)31-19-25(28)22-6-5-7-24(30)17-22/h5-7,14-17,25H,3-4,8-13,18-19H2,1-2H3,(H,31,33)/t25-/m0/s1. The van der Waals surface area contributed by atoms with Crippen molar-refractivity contribution in [1.82, 2.24) is 10.2 Å². The van der Waals surface area contributed by atoms with Crippen molar-refractivity contribution < 1.29 is 14.0 Å². The Balaban J connectivity index is 1.40. The molecular weight excluding hydrogens is 427 g/mol. The number of nitrogens with zero attached hydrogens (tertiary/aromatic N) is 1. The molecule has 0 radical (unpaired) electrons. The van der Waals surface area contributed by atoms with Crippen LogP contribution in [0.25, 0.3) is 0 Å². The quantitative estimate of drug-likeness (QED) is 0.684. The summed E-state index contributed by atoms with van der Waals surface area (Å²) < 4.78 is 14.0. The van der Waals surface area contributed by atoms with Crippen molar-refractivity contribution in [3.05, 3.63) is 70.5 Å². The van der Waals surface area contributed by atoms with Gasteiger partial charge in [0.05, 0.1) is 5.41 Å². The van der Waals surface area contributed by atoms with Crippen LogP contribution in [0.2, 0.25) is 0 Å². The lowest BCUT2D eigenvalue weighted by Gasteiger charge is -2.50. The minimum Gasteiger partial charge on any atom is -0.355 e. The average Bonchev–Trinajstić information content (AvgIpc) is 3.30. The zero-order valence-corrected chi connectivity index (χ0v) is 20.3. The van der Waals surface area contributed by atoms with Gasteiger partial charge < -0.3 is 10.2 Å². The largest absolute Gasteiger partial charge is 0.355 e. The number of nitrogens with one attached hydrogen (secondary N) is 1. The monoisotopic (exact) mass is 462 g/mol. The Bertz CT molecular complexity index is 1080. The van der Waals surface area contributed by atoms with Crippen LogP contribution in [0.1, 0.15) is 73.1 Å². The third-order valence-electron chi connectivity index (χ3n) is 8.69. The summed E-state index contributed by atoms with van der Waals surface area (Å²) in [6.45, 7) is 6.06. The second-order valence-electron chi connectivity index (χ2n) is 10.9. The smallest absolute Gasteiger partial charge is 0.233 e. The van der Waals surface area contributed by atoms with Crippen LogP contribution in [0.5, 0.6) is 0 Å². The van der Waals surface area contributed by atoms with Gasteiger partial charge in [-0.1, -0.05) is 54.3 Å². The van der Waals surface area contributed by atoms with Crippen LogP contribution in [0.15, 0.2) is 42.5 Å². The van der Waals surface area contributed by atoms with Gasteiger partial charge in [0.1, 0.15) is 5.82 Å². The van der Waals surface area contributed by atoms with Gasteiger partial charge in [-0.25, -0.2) is 4.39 Å². The first kappa shape index (κ1) is 23.1. The maximum Gasteiger partial charge on any atom is 0.233 e. The molecule has 34 heavy (non-hydrogen) atoms. The average molecular weight is 463 g/mol. The summed E-state index contributed by atoms with van der Waals surface area (Å²) in [5.41, 5.74) is 3.88. The van der Waals surface area contributed by atoms with Crippen molar-refractivity contribution in [2.45, 2.75) is 70.1 Å². The van der Waals surface area contributed by atoms with Gasteiger partial charge in [0.25, 0.3) is 0 Å². The number of rotatable bonds is 3. The Morgan fingerprint density at radius 1 is 1.00 bits per heavy atom. The number of carbonyl (C=O) groups is 2. The summed E-state index contributed by atoms with van der Waals surface area (Å²) in [7, 11) is 0.